The summed E-state index contributed by atoms with van der Waals surface area (Å²) < 4.78 is 30.3. The maximum absolute atomic E-state index is 12.5. The monoisotopic (exact) mass is 335 g/mol. The van der Waals surface area contributed by atoms with Gasteiger partial charge in [0, 0.05) is 24.5 Å². The second-order valence-electron chi connectivity index (χ2n) is 5.31. The second-order valence-corrected chi connectivity index (χ2v) is 5.31. The average Bonchev–Trinajstić information content (AvgIpc) is 2.56. The summed E-state index contributed by atoms with van der Waals surface area (Å²) in [5.74, 6) is -2.09. The number of aryl methyl sites for hydroxylation is 1. The molecule has 0 unspecified atom stereocenters. The highest BCUT2D eigenvalue weighted by atomic mass is 19.1. The number of anilines is 2. The SMILES string of the molecule is Cc1ccccc1N1CCOCC1.Nc1cc(F)c(N=O)c(F)c1. The highest BCUT2D eigenvalue weighted by Gasteiger charge is 2.12. The third-order valence-electron chi connectivity index (χ3n) is 3.60. The highest BCUT2D eigenvalue weighted by Crippen LogP contribution is 2.24. The van der Waals surface area contributed by atoms with Crippen molar-refractivity contribution in [2.45, 2.75) is 6.92 Å². The maximum Gasteiger partial charge on any atom is 0.179 e. The van der Waals surface area contributed by atoms with Gasteiger partial charge in [0.2, 0.25) is 0 Å². The predicted molar refractivity (Wildman–Crippen MR) is 90.4 cm³/mol. The van der Waals surface area contributed by atoms with Gasteiger partial charge in [-0.1, -0.05) is 18.2 Å². The van der Waals surface area contributed by atoms with E-state index >= 15 is 0 Å². The zero-order valence-electron chi connectivity index (χ0n) is 13.3. The van der Waals surface area contributed by atoms with Crippen LogP contribution in [0, 0.1) is 23.5 Å². The molecule has 2 N–H and O–H groups in total. The standard InChI is InChI=1S/C11H15NO.C6H4F2N2O/c1-10-4-2-3-5-11(10)12-6-8-13-9-7-12;7-4-1-3(9)2-5(8)6(4)10-11/h2-5H,6-9H2,1H3;1-2H,9H2. The first-order valence-electron chi connectivity index (χ1n) is 7.49. The summed E-state index contributed by atoms with van der Waals surface area (Å²) in [5, 5.41) is 2.16. The lowest BCUT2D eigenvalue weighted by Crippen LogP contribution is -2.36. The van der Waals surface area contributed by atoms with Gasteiger partial charge in [-0.3, -0.25) is 0 Å². The molecule has 1 aliphatic rings. The van der Waals surface area contributed by atoms with E-state index in [-0.39, 0.29) is 5.69 Å². The first-order chi connectivity index (χ1) is 11.5. The summed E-state index contributed by atoms with van der Waals surface area (Å²) in [6.07, 6.45) is 0. The van der Waals surface area contributed by atoms with E-state index in [1.807, 2.05) is 0 Å². The first-order valence-corrected chi connectivity index (χ1v) is 7.49. The number of hydrogen-bond acceptors (Lipinski definition) is 5. The fourth-order valence-electron chi connectivity index (χ4n) is 2.39. The Morgan fingerprint density at radius 1 is 1.12 bits per heavy atom. The first kappa shape index (κ1) is 17.8. The lowest BCUT2D eigenvalue weighted by Gasteiger charge is -2.30. The zero-order valence-corrected chi connectivity index (χ0v) is 13.3. The number of rotatable bonds is 2. The quantitative estimate of drug-likeness (QED) is 0.670. The smallest absolute Gasteiger partial charge is 0.179 e. The van der Waals surface area contributed by atoms with Gasteiger partial charge >= 0.3 is 0 Å². The van der Waals surface area contributed by atoms with Crippen LogP contribution in [0.4, 0.5) is 25.8 Å². The van der Waals surface area contributed by atoms with Crippen LogP contribution in [0.25, 0.3) is 0 Å². The molecule has 0 bridgehead atoms. The number of nitrogens with two attached hydrogens (primary N) is 1. The minimum absolute atomic E-state index is 0.0765. The Labute approximate surface area is 139 Å². The molecule has 1 heterocycles. The second kappa shape index (κ2) is 8.35. The molecule has 0 amide bonds. The van der Waals surface area contributed by atoms with E-state index < -0.39 is 17.3 Å². The van der Waals surface area contributed by atoms with Crippen LogP contribution in [-0.4, -0.2) is 26.3 Å². The van der Waals surface area contributed by atoms with Crippen molar-refractivity contribution in [2.75, 3.05) is 36.9 Å². The molecule has 128 valence electrons. The molecule has 2 aromatic carbocycles. The van der Waals surface area contributed by atoms with Crippen LogP contribution in [0.15, 0.2) is 41.6 Å². The Kier molecular flexibility index (Phi) is 6.20. The third kappa shape index (κ3) is 4.48. The lowest BCUT2D eigenvalue weighted by molar-refractivity contribution is 0.122. The van der Waals surface area contributed by atoms with E-state index in [9.17, 15) is 13.7 Å². The van der Waals surface area contributed by atoms with E-state index in [0.717, 1.165) is 38.4 Å². The molecule has 0 aromatic heterocycles. The molecule has 24 heavy (non-hydrogen) atoms. The van der Waals surface area contributed by atoms with E-state index in [4.69, 9.17) is 10.5 Å². The van der Waals surface area contributed by atoms with Gasteiger partial charge in [0.1, 0.15) is 0 Å². The molecule has 7 heteroatoms. The number of ether oxygens (including phenoxy) is 1. The molecule has 0 aliphatic carbocycles. The summed E-state index contributed by atoms with van der Waals surface area (Å²) in [6.45, 7) is 5.91. The van der Waals surface area contributed by atoms with Crippen molar-refractivity contribution in [2.24, 2.45) is 5.18 Å². The van der Waals surface area contributed by atoms with Gasteiger partial charge in [-0.15, -0.1) is 4.91 Å². The Bertz CT molecular complexity index is 681. The number of para-hydroxylation sites is 1. The molecule has 1 aliphatic heterocycles. The van der Waals surface area contributed by atoms with Crippen molar-refractivity contribution >= 4 is 17.1 Å². The predicted octanol–water partition coefficient (Wildman–Crippen LogP) is 3.78. The topological polar surface area (TPSA) is 67.9 Å². The van der Waals surface area contributed by atoms with Crippen molar-refractivity contribution in [3.63, 3.8) is 0 Å². The van der Waals surface area contributed by atoms with Gasteiger partial charge in [0.05, 0.1) is 13.2 Å². The van der Waals surface area contributed by atoms with E-state index in [1.165, 1.54) is 11.3 Å². The van der Waals surface area contributed by atoms with E-state index in [0.29, 0.717) is 0 Å². The Morgan fingerprint density at radius 2 is 1.71 bits per heavy atom. The number of nitrogens with zero attached hydrogens (tertiary/aromatic N) is 2. The number of morpholine rings is 1. The minimum Gasteiger partial charge on any atom is -0.399 e. The summed E-state index contributed by atoms with van der Waals surface area (Å²) >= 11 is 0. The minimum atomic E-state index is -1.04. The molecule has 0 atom stereocenters. The van der Waals surface area contributed by atoms with Crippen molar-refractivity contribution in [3.05, 3.63) is 58.5 Å². The van der Waals surface area contributed by atoms with Crippen LogP contribution in [0.3, 0.4) is 0 Å². The van der Waals surface area contributed by atoms with Gasteiger partial charge in [-0.05, 0) is 35.9 Å². The van der Waals surface area contributed by atoms with E-state index in [1.54, 1.807) is 0 Å². The Balaban J connectivity index is 0.000000177. The zero-order chi connectivity index (χ0) is 17.5. The summed E-state index contributed by atoms with van der Waals surface area (Å²) in [7, 11) is 0. The third-order valence-corrected chi connectivity index (χ3v) is 3.60. The molecule has 0 radical (unpaired) electrons. The number of hydrogen-bond donors (Lipinski definition) is 1. The highest BCUT2D eigenvalue weighted by molar-refractivity contribution is 5.53. The summed E-state index contributed by atoms with van der Waals surface area (Å²) in [4.78, 5) is 12.2. The molecular formula is C17H19F2N3O2. The van der Waals surface area contributed by atoms with Crippen molar-refractivity contribution in [1.29, 1.82) is 0 Å². The Hall–Kier alpha value is -2.54. The average molecular weight is 335 g/mol. The van der Waals surface area contributed by atoms with Crippen LogP contribution in [0.5, 0.6) is 0 Å². The Morgan fingerprint density at radius 3 is 2.25 bits per heavy atom. The van der Waals surface area contributed by atoms with Gasteiger partial charge in [-0.2, -0.15) is 0 Å². The summed E-state index contributed by atoms with van der Waals surface area (Å²) in [6, 6.07) is 10.2. The van der Waals surface area contributed by atoms with Crippen LogP contribution in [0.2, 0.25) is 0 Å². The number of halogens is 2. The van der Waals surface area contributed by atoms with Crippen LogP contribution in [0.1, 0.15) is 5.56 Å². The van der Waals surface area contributed by atoms with Crippen molar-refractivity contribution < 1.29 is 13.5 Å². The summed E-state index contributed by atoms with van der Waals surface area (Å²) in [5.41, 5.74) is 6.85. The largest absolute Gasteiger partial charge is 0.399 e. The number of benzene rings is 2. The molecule has 0 spiro atoms. The van der Waals surface area contributed by atoms with Gasteiger partial charge in [-0.25, -0.2) is 8.78 Å². The van der Waals surface area contributed by atoms with Gasteiger partial charge < -0.3 is 15.4 Å². The fourth-order valence-corrected chi connectivity index (χ4v) is 2.39. The van der Waals surface area contributed by atoms with Crippen LogP contribution >= 0.6 is 0 Å². The molecule has 0 saturated carbocycles. The molecule has 2 aromatic rings. The van der Waals surface area contributed by atoms with E-state index in [2.05, 4.69) is 41.3 Å². The van der Waals surface area contributed by atoms with Crippen LogP contribution in [-0.2, 0) is 4.74 Å². The van der Waals surface area contributed by atoms with Crippen molar-refractivity contribution in [3.8, 4) is 0 Å². The molecule has 1 saturated heterocycles. The lowest BCUT2D eigenvalue weighted by atomic mass is 10.2. The molecule has 3 rings (SSSR count). The molecule has 5 nitrogen and oxygen atoms in total. The maximum atomic E-state index is 12.5. The number of nitroso groups, excluding NO2 is 1. The molecular weight excluding hydrogens is 316 g/mol. The van der Waals surface area contributed by atoms with Crippen molar-refractivity contribution in [1.82, 2.24) is 0 Å². The van der Waals surface area contributed by atoms with Gasteiger partial charge in [0.15, 0.2) is 17.3 Å². The molecule has 1 fully saturated rings. The fraction of sp³-hybridized carbons (Fsp3) is 0.294. The normalized spacial score (nSPS) is 13.9. The van der Waals surface area contributed by atoms with Crippen LogP contribution < -0.4 is 10.6 Å². The van der Waals surface area contributed by atoms with Gasteiger partial charge in [0.25, 0.3) is 0 Å². The number of nitrogen functional groups attached to an aromatic ring is 1.